The largest absolute Gasteiger partial charge is 0.388 e. The van der Waals surface area contributed by atoms with Gasteiger partial charge in [0.25, 0.3) is 5.91 Å². The molecule has 3 nitrogen and oxygen atoms in total. The highest BCUT2D eigenvalue weighted by atomic mass is 79.9. The quantitative estimate of drug-likeness (QED) is 0.862. The van der Waals surface area contributed by atoms with Crippen LogP contribution in [0.4, 0.5) is 0 Å². The Hall–Kier alpha value is -0.580. The Labute approximate surface area is 132 Å². The van der Waals surface area contributed by atoms with E-state index in [4.69, 9.17) is 11.6 Å². The van der Waals surface area contributed by atoms with E-state index in [2.05, 4.69) is 28.2 Å². The Morgan fingerprint density at radius 3 is 2.80 bits per heavy atom. The average Bonchev–Trinajstić information content (AvgIpc) is 2.43. The minimum absolute atomic E-state index is 0.216. The van der Waals surface area contributed by atoms with E-state index in [1.807, 2.05) is 0 Å². The number of hydrogen-bond acceptors (Lipinski definition) is 2. The van der Waals surface area contributed by atoms with Crippen LogP contribution in [0.1, 0.15) is 43.0 Å². The molecule has 1 aliphatic carbocycles. The topological polar surface area (TPSA) is 49.3 Å². The maximum atomic E-state index is 12.2. The van der Waals surface area contributed by atoms with Gasteiger partial charge in [0.2, 0.25) is 0 Å². The van der Waals surface area contributed by atoms with Crippen molar-refractivity contribution in [3.05, 3.63) is 33.3 Å². The van der Waals surface area contributed by atoms with Crippen LogP contribution in [0.15, 0.2) is 22.7 Å². The van der Waals surface area contributed by atoms with Gasteiger partial charge in [0.05, 0.1) is 11.2 Å². The van der Waals surface area contributed by atoms with Gasteiger partial charge in [-0.15, -0.1) is 0 Å². The number of benzene rings is 1. The van der Waals surface area contributed by atoms with Gasteiger partial charge in [-0.1, -0.05) is 18.5 Å². The number of aliphatic hydroxyl groups is 1. The van der Waals surface area contributed by atoms with E-state index >= 15 is 0 Å². The van der Waals surface area contributed by atoms with E-state index in [-0.39, 0.29) is 12.5 Å². The summed E-state index contributed by atoms with van der Waals surface area (Å²) in [7, 11) is 0. The molecule has 1 aromatic carbocycles. The maximum Gasteiger partial charge on any atom is 0.252 e. The smallest absolute Gasteiger partial charge is 0.252 e. The molecule has 110 valence electrons. The number of halogens is 2. The Balaban J connectivity index is 1.97. The molecule has 20 heavy (non-hydrogen) atoms. The molecular weight excluding hydrogens is 342 g/mol. The third kappa shape index (κ3) is 3.96. The molecule has 1 saturated carbocycles. The van der Waals surface area contributed by atoms with Gasteiger partial charge in [0, 0.05) is 16.0 Å². The van der Waals surface area contributed by atoms with Crippen LogP contribution in [0.2, 0.25) is 5.02 Å². The lowest BCUT2D eigenvalue weighted by Gasteiger charge is -2.35. The van der Waals surface area contributed by atoms with Gasteiger partial charge in [-0.3, -0.25) is 4.79 Å². The van der Waals surface area contributed by atoms with Gasteiger partial charge in [-0.05, 0) is 65.7 Å². The number of rotatable bonds is 3. The molecule has 1 aromatic rings. The molecule has 1 amide bonds. The molecule has 0 spiro atoms. The van der Waals surface area contributed by atoms with Crippen molar-refractivity contribution in [3.63, 3.8) is 0 Å². The monoisotopic (exact) mass is 359 g/mol. The van der Waals surface area contributed by atoms with Crippen molar-refractivity contribution in [2.45, 2.75) is 38.2 Å². The molecule has 0 saturated heterocycles. The summed E-state index contributed by atoms with van der Waals surface area (Å²) >= 11 is 9.24. The van der Waals surface area contributed by atoms with Crippen LogP contribution in [0.3, 0.4) is 0 Å². The minimum atomic E-state index is -0.771. The molecule has 2 N–H and O–H groups in total. The number of hydrogen-bond donors (Lipinski definition) is 2. The molecular formula is C15H19BrClNO2. The molecule has 0 bridgehead atoms. The van der Waals surface area contributed by atoms with Gasteiger partial charge in [0.15, 0.2) is 0 Å². The summed E-state index contributed by atoms with van der Waals surface area (Å²) in [4.78, 5) is 12.2. The number of amides is 1. The van der Waals surface area contributed by atoms with E-state index in [1.54, 1.807) is 18.2 Å². The molecule has 0 unspecified atom stereocenters. The SMILES string of the molecule is CC1CCC(O)(CNC(=O)c2cc(Cl)ccc2Br)CC1. The first-order valence-electron chi connectivity index (χ1n) is 6.85. The van der Waals surface area contributed by atoms with Crippen molar-refractivity contribution < 1.29 is 9.90 Å². The Morgan fingerprint density at radius 1 is 1.50 bits per heavy atom. The standard InChI is InChI=1S/C15H19BrClNO2/c1-10-4-6-15(20,7-5-10)9-18-14(19)12-8-11(17)2-3-13(12)16/h2-3,8,10,20H,4-7,9H2,1H3,(H,18,19). The van der Waals surface area contributed by atoms with Crippen LogP contribution >= 0.6 is 27.5 Å². The Kier molecular flexibility index (Phi) is 5.10. The summed E-state index contributed by atoms with van der Waals surface area (Å²) in [6.07, 6.45) is 3.50. The number of carbonyl (C=O) groups excluding carboxylic acids is 1. The first-order valence-corrected chi connectivity index (χ1v) is 8.02. The lowest BCUT2D eigenvalue weighted by atomic mass is 9.79. The lowest BCUT2D eigenvalue weighted by Crippen LogP contribution is -2.45. The van der Waals surface area contributed by atoms with E-state index in [0.29, 0.717) is 21.0 Å². The molecule has 5 heteroatoms. The zero-order valence-corrected chi connectivity index (χ0v) is 13.8. The summed E-state index contributed by atoms with van der Waals surface area (Å²) in [5.41, 5.74) is -0.280. The van der Waals surface area contributed by atoms with Crippen molar-refractivity contribution >= 4 is 33.4 Å². The van der Waals surface area contributed by atoms with Crippen LogP contribution in [0.25, 0.3) is 0 Å². The lowest BCUT2D eigenvalue weighted by molar-refractivity contribution is -0.00540. The predicted octanol–water partition coefficient (Wildman–Crippen LogP) is 3.77. The molecule has 0 aliphatic heterocycles. The highest BCUT2D eigenvalue weighted by molar-refractivity contribution is 9.10. The highest BCUT2D eigenvalue weighted by Gasteiger charge is 2.32. The van der Waals surface area contributed by atoms with Gasteiger partial charge in [-0.25, -0.2) is 0 Å². The normalized spacial score (nSPS) is 26.3. The second-order valence-electron chi connectivity index (χ2n) is 5.71. The van der Waals surface area contributed by atoms with Crippen molar-refractivity contribution in [1.82, 2.24) is 5.32 Å². The summed E-state index contributed by atoms with van der Waals surface area (Å²) < 4.78 is 0.698. The predicted molar refractivity (Wildman–Crippen MR) is 84.1 cm³/mol. The first kappa shape index (κ1) is 15.8. The first-order chi connectivity index (χ1) is 9.39. The fourth-order valence-electron chi connectivity index (χ4n) is 2.49. The van der Waals surface area contributed by atoms with Crippen molar-refractivity contribution in [2.75, 3.05) is 6.54 Å². The van der Waals surface area contributed by atoms with Crippen LogP contribution < -0.4 is 5.32 Å². The molecule has 0 atom stereocenters. The summed E-state index contributed by atoms with van der Waals surface area (Å²) in [6.45, 7) is 2.48. The van der Waals surface area contributed by atoms with Crippen molar-refractivity contribution in [2.24, 2.45) is 5.92 Å². The van der Waals surface area contributed by atoms with Crippen LogP contribution in [-0.2, 0) is 0 Å². The van der Waals surface area contributed by atoms with Crippen LogP contribution in [-0.4, -0.2) is 23.2 Å². The maximum absolute atomic E-state index is 12.2. The van der Waals surface area contributed by atoms with E-state index < -0.39 is 5.60 Å². The minimum Gasteiger partial charge on any atom is -0.388 e. The Bertz CT molecular complexity index is 499. The van der Waals surface area contributed by atoms with Crippen LogP contribution in [0.5, 0.6) is 0 Å². The molecule has 0 radical (unpaired) electrons. The molecule has 2 rings (SSSR count). The molecule has 1 aliphatic rings. The van der Waals surface area contributed by atoms with Gasteiger partial charge in [-0.2, -0.15) is 0 Å². The number of nitrogens with one attached hydrogen (secondary N) is 1. The second-order valence-corrected chi connectivity index (χ2v) is 7.00. The molecule has 0 aromatic heterocycles. The number of carbonyl (C=O) groups is 1. The summed E-state index contributed by atoms with van der Waals surface area (Å²) in [5.74, 6) is 0.444. The fourth-order valence-corrected chi connectivity index (χ4v) is 3.09. The summed E-state index contributed by atoms with van der Waals surface area (Å²) in [6, 6.07) is 5.08. The highest BCUT2D eigenvalue weighted by Crippen LogP contribution is 2.31. The van der Waals surface area contributed by atoms with Crippen molar-refractivity contribution in [3.8, 4) is 0 Å². The molecule has 1 fully saturated rings. The average molecular weight is 361 g/mol. The zero-order valence-electron chi connectivity index (χ0n) is 11.5. The van der Waals surface area contributed by atoms with Crippen LogP contribution in [0, 0.1) is 5.92 Å². The van der Waals surface area contributed by atoms with Crippen molar-refractivity contribution in [1.29, 1.82) is 0 Å². The third-order valence-corrected chi connectivity index (χ3v) is 4.88. The van der Waals surface area contributed by atoms with E-state index in [1.165, 1.54) is 0 Å². The fraction of sp³-hybridized carbons (Fsp3) is 0.533. The van der Waals surface area contributed by atoms with Gasteiger partial charge >= 0.3 is 0 Å². The third-order valence-electron chi connectivity index (χ3n) is 3.96. The van der Waals surface area contributed by atoms with E-state index in [9.17, 15) is 9.90 Å². The second kappa shape index (κ2) is 6.46. The summed E-state index contributed by atoms with van der Waals surface area (Å²) in [5, 5.41) is 13.8. The Morgan fingerprint density at radius 2 is 2.15 bits per heavy atom. The zero-order chi connectivity index (χ0) is 14.8. The van der Waals surface area contributed by atoms with Gasteiger partial charge < -0.3 is 10.4 Å². The van der Waals surface area contributed by atoms with E-state index in [0.717, 1.165) is 25.7 Å². The van der Waals surface area contributed by atoms with Gasteiger partial charge in [0.1, 0.15) is 0 Å². The molecule has 0 heterocycles.